The number of nitrogens with zero attached hydrogens (tertiary/aromatic N) is 1. The van der Waals surface area contributed by atoms with E-state index in [0.29, 0.717) is 5.56 Å². The van der Waals surface area contributed by atoms with Crippen LogP contribution in [0.3, 0.4) is 0 Å². The fourth-order valence-electron chi connectivity index (χ4n) is 2.09. The van der Waals surface area contributed by atoms with Crippen LogP contribution in [0.4, 0.5) is 5.69 Å². The van der Waals surface area contributed by atoms with E-state index in [9.17, 15) is 9.59 Å². The van der Waals surface area contributed by atoms with Crippen LogP contribution in [0.2, 0.25) is 0 Å². The highest BCUT2D eigenvalue weighted by Crippen LogP contribution is 2.27. The molecule has 96 valence electrons. The van der Waals surface area contributed by atoms with Gasteiger partial charge in [-0.2, -0.15) is 0 Å². The molecule has 1 aromatic rings. The Balaban J connectivity index is 2.01. The van der Waals surface area contributed by atoms with Crippen LogP contribution in [0.15, 0.2) is 18.2 Å². The molecule has 0 saturated carbocycles. The molecular formula is C13H16N2O3. The highest BCUT2D eigenvalue weighted by molar-refractivity contribution is 5.95. The van der Waals surface area contributed by atoms with Crippen molar-refractivity contribution in [2.75, 3.05) is 25.0 Å². The van der Waals surface area contributed by atoms with Crippen molar-refractivity contribution in [2.45, 2.75) is 12.8 Å². The average Bonchev–Trinajstić information content (AvgIpc) is 2.70. The molecule has 2 N–H and O–H groups in total. The lowest BCUT2D eigenvalue weighted by Crippen LogP contribution is -2.26. The van der Waals surface area contributed by atoms with E-state index in [-0.39, 0.29) is 18.9 Å². The molecule has 1 aliphatic heterocycles. The van der Waals surface area contributed by atoms with Gasteiger partial charge in [-0.25, -0.2) is 0 Å². The quantitative estimate of drug-likeness (QED) is 0.830. The normalized spacial score (nSPS) is 13.3. The van der Waals surface area contributed by atoms with E-state index in [1.165, 1.54) is 5.56 Å². The van der Waals surface area contributed by atoms with E-state index in [1.54, 1.807) is 6.07 Å². The van der Waals surface area contributed by atoms with E-state index in [1.807, 2.05) is 19.2 Å². The predicted molar refractivity (Wildman–Crippen MR) is 68.0 cm³/mol. The molecule has 1 amide bonds. The summed E-state index contributed by atoms with van der Waals surface area (Å²) in [4.78, 5) is 24.3. The molecule has 0 fully saturated rings. The van der Waals surface area contributed by atoms with Gasteiger partial charge in [-0.3, -0.25) is 9.59 Å². The SMILES string of the molecule is CN1CCc2cc(C(=O)NCCC(=O)O)ccc21. The van der Waals surface area contributed by atoms with Gasteiger partial charge in [-0.05, 0) is 30.2 Å². The molecule has 1 aliphatic rings. The van der Waals surface area contributed by atoms with Crippen molar-refractivity contribution in [2.24, 2.45) is 0 Å². The van der Waals surface area contributed by atoms with Crippen LogP contribution in [0, 0.1) is 0 Å². The maximum atomic E-state index is 11.8. The second kappa shape index (κ2) is 5.08. The fourth-order valence-corrected chi connectivity index (χ4v) is 2.09. The molecule has 0 aliphatic carbocycles. The van der Waals surface area contributed by atoms with Gasteiger partial charge >= 0.3 is 5.97 Å². The van der Waals surface area contributed by atoms with Crippen molar-refractivity contribution >= 4 is 17.6 Å². The number of carboxylic acids is 1. The van der Waals surface area contributed by atoms with Crippen LogP contribution in [-0.2, 0) is 11.2 Å². The highest BCUT2D eigenvalue weighted by Gasteiger charge is 2.17. The van der Waals surface area contributed by atoms with Crippen LogP contribution in [0.25, 0.3) is 0 Å². The number of aliphatic carboxylic acids is 1. The third-order valence-corrected chi connectivity index (χ3v) is 3.09. The number of carbonyl (C=O) groups is 2. The van der Waals surface area contributed by atoms with Gasteiger partial charge in [0.2, 0.25) is 0 Å². The van der Waals surface area contributed by atoms with Crippen LogP contribution in [0.1, 0.15) is 22.3 Å². The molecule has 5 nitrogen and oxygen atoms in total. The Bertz CT molecular complexity index is 485. The number of nitrogens with one attached hydrogen (secondary N) is 1. The average molecular weight is 248 g/mol. The predicted octanol–water partition coefficient (Wildman–Crippen LogP) is 0.883. The number of fused-ring (bicyclic) bond motifs is 1. The largest absolute Gasteiger partial charge is 0.481 e. The van der Waals surface area contributed by atoms with E-state index >= 15 is 0 Å². The summed E-state index contributed by atoms with van der Waals surface area (Å²) in [5.41, 5.74) is 2.93. The van der Waals surface area contributed by atoms with Gasteiger partial charge in [0.25, 0.3) is 5.91 Å². The molecule has 1 heterocycles. The first-order valence-corrected chi connectivity index (χ1v) is 5.92. The fraction of sp³-hybridized carbons (Fsp3) is 0.385. The van der Waals surface area contributed by atoms with Crippen LogP contribution in [-0.4, -0.2) is 37.1 Å². The van der Waals surface area contributed by atoms with Gasteiger partial charge < -0.3 is 15.3 Å². The number of rotatable bonds is 4. The van der Waals surface area contributed by atoms with Gasteiger partial charge in [0.1, 0.15) is 0 Å². The van der Waals surface area contributed by atoms with Crippen molar-refractivity contribution in [1.29, 1.82) is 0 Å². The number of carboxylic acid groups (broad SMARTS) is 1. The minimum Gasteiger partial charge on any atom is -0.481 e. The number of hydrogen-bond donors (Lipinski definition) is 2. The maximum absolute atomic E-state index is 11.8. The minimum atomic E-state index is -0.911. The third-order valence-electron chi connectivity index (χ3n) is 3.09. The molecule has 0 aromatic heterocycles. The molecule has 0 spiro atoms. The molecule has 5 heteroatoms. The van der Waals surface area contributed by atoms with Crippen LogP contribution in [0.5, 0.6) is 0 Å². The number of carbonyl (C=O) groups excluding carboxylic acids is 1. The lowest BCUT2D eigenvalue weighted by Gasteiger charge is -2.12. The van der Waals surface area contributed by atoms with Crippen molar-refractivity contribution in [3.63, 3.8) is 0 Å². The zero-order chi connectivity index (χ0) is 13.1. The summed E-state index contributed by atoms with van der Waals surface area (Å²) in [6.45, 7) is 1.13. The first kappa shape index (κ1) is 12.4. The van der Waals surface area contributed by atoms with Crippen molar-refractivity contribution < 1.29 is 14.7 Å². The van der Waals surface area contributed by atoms with Gasteiger partial charge in [-0.15, -0.1) is 0 Å². The minimum absolute atomic E-state index is 0.0561. The summed E-state index contributed by atoms with van der Waals surface area (Å²) in [7, 11) is 2.03. The van der Waals surface area contributed by atoms with E-state index in [2.05, 4.69) is 10.2 Å². The monoisotopic (exact) mass is 248 g/mol. The van der Waals surface area contributed by atoms with Gasteiger partial charge in [-0.1, -0.05) is 0 Å². The van der Waals surface area contributed by atoms with Crippen molar-refractivity contribution in [3.05, 3.63) is 29.3 Å². The number of hydrogen-bond acceptors (Lipinski definition) is 3. The molecule has 0 saturated heterocycles. The van der Waals surface area contributed by atoms with Gasteiger partial charge in [0.15, 0.2) is 0 Å². The Morgan fingerprint density at radius 1 is 1.44 bits per heavy atom. The first-order chi connectivity index (χ1) is 8.58. The van der Waals surface area contributed by atoms with Crippen LogP contribution < -0.4 is 10.2 Å². The Hall–Kier alpha value is -2.04. The molecule has 0 radical (unpaired) electrons. The van der Waals surface area contributed by atoms with E-state index < -0.39 is 5.97 Å². The second-order valence-electron chi connectivity index (χ2n) is 4.41. The zero-order valence-electron chi connectivity index (χ0n) is 10.3. The van der Waals surface area contributed by atoms with E-state index in [0.717, 1.165) is 18.7 Å². The Morgan fingerprint density at radius 3 is 2.94 bits per heavy atom. The number of benzene rings is 1. The smallest absolute Gasteiger partial charge is 0.305 e. The van der Waals surface area contributed by atoms with E-state index in [4.69, 9.17) is 5.11 Å². The molecule has 0 atom stereocenters. The molecule has 0 unspecified atom stereocenters. The van der Waals surface area contributed by atoms with Crippen molar-refractivity contribution in [1.82, 2.24) is 5.32 Å². The standard InChI is InChI=1S/C13H16N2O3/c1-15-7-5-9-8-10(2-3-11(9)15)13(18)14-6-4-12(16)17/h2-3,8H,4-7H2,1H3,(H,14,18)(H,16,17). The summed E-state index contributed by atoms with van der Waals surface area (Å²) in [5, 5.41) is 11.1. The maximum Gasteiger partial charge on any atom is 0.305 e. The lowest BCUT2D eigenvalue weighted by molar-refractivity contribution is -0.136. The molecule has 2 rings (SSSR count). The van der Waals surface area contributed by atoms with Gasteiger partial charge in [0.05, 0.1) is 6.42 Å². The first-order valence-electron chi connectivity index (χ1n) is 5.92. The summed E-state index contributed by atoms with van der Waals surface area (Å²) in [6, 6.07) is 5.60. The number of anilines is 1. The Labute approximate surface area is 105 Å². The summed E-state index contributed by atoms with van der Waals surface area (Å²) < 4.78 is 0. The van der Waals surface area contributed by atoms with Crippen molar-refractivity contribution in [3.8, 4) is 0 Å². The summed E-state index contributed by atoms with van der Waals surface area (Å²) >= 11 is 0. The van der Waals surface area contributed by atoms with Gasteiger partial charge in [0, 0.05) is 31.4 Å². The number of likely N-dealkylation sites (N-methyl/N-ethyl adjacent to an activating group) is 1. The Morgan fingerprint density at radius 2 is 2.22 bits per heavy atom. The number of amides is 1. The Kier molecular flexibility index (Phi) is 3.50. The molecule has 18 heavy (non-hydrogen) atoms. The summed E-state index contributed by atoms with van der Waals surface area (Å²) in [5.74, 6) is -1.13. The third kappa shape index (κ3) is 2.61. The lowest BCUT2D eigenvalue weighted by atomic mass is 10.1. The molecule has 1 aromatic carbocycles. The zero-order valence-corrected chi connectivity index (χ0v) is 10.3. The molecular weight excluding hydrogens is 232 g/mol. The second-order valence-corrected chi connectivity index (χ2v) is 4.41. The molecule has 0 bridgehead atoms. The summed E-state index contributed by atoms with van der Waals surface area (Å²) in [6.07, 6.45) is 0.890. The highest BCUT2D eigenvalue weighted by atomic mass is 16.4. The van der Waals surface area contributed by atoms with Crippen LogP contribution >= 0.6 is 0 Å². The topological polar surface area (TPSA) is 69.6 Å².